The smallest absolute Gasteiger partial charge is 0.233 e. The summed E-state index contributed by atoms with van der Waals surface area (Å²) in [4.78, 5) is 15.4. The van der Waals surface area contributed by atoms with E-state index in [4.69, 9.17) is 0 Å². The number of aromatic nitrogens is 3. The molecule has 3 heterocycles. The van der Waals surface area contributed by atoms with Crippen molar-refractivity contribution in [1.29, 1.82) is 0 Å². The van der Waals surface area contributed by atoms with Gasteiger partial charge in [0.25, 0.3) is 0 Å². The molecule has 0 N–H and O–H groups in total. The molecule has 0 spiro atoms. The van der Waals surface area contributed by atoms with Crippen LogP contribution in [0.5, 0.6) is 0 Å². The van der Waals surface area contributed by atoms with Crippen molar-refractivity contribution in [3.05, 3.63) is 28.2 Å². The fourth-order valence-electron chi connectivity index (χ4n) is 2.55. The van der Waals surface area contributed by atoms with Crippen molar-refractivity contribution in [1.82, 2.24) is 19.7 Å². The Balaban J connectivity index is 1.56. The summed E-state index contributed by atoms with van der Waals surface area (Å²) in [5, 5.41) is 11.4. The van der Waals surface area contributed by atoms with Gasteiger partial charge in [0.05, 0.1) is 5.75 Å². The molecule has 118 valence electrons. The molecule has 0 bridgehead atoms. The van der Waals surface area contributed by atoms with Crippen LogP contribution in [0, 0.1) is 0 Å². The third-order valence-corrected chi connectivity index (χ3v) is 5.75. The molecule has 7 heteroatoms. The lowest BCUT2D eigenvalue weighted by Gasteiger charge is -2.26. The van der Waals surface area contributed by atoms with E-state index in [1.807, 2.05) is 22.6 Å². The predicted molar refractivity (Wildman–Crippen MR) is 89.3 cm³/mol. The third-order valence-electron chi connectivity index (χ3n) is 3.87. The largest absolute Gasteiger partial charge is 0.342 e. The van der Waals surface area contributed by atoms with Gasteiger partial charge in [0, 0.05) is 31.4 Å². The van der Waals surface area contributed by atoms with Gasteiger partial charge >= 0.3 is 0 Å². The van der Waals surface area contributed by atoms with E-state index in [0.29, 0.717) is 5.75 Å². The summed E-state index contributed by atoms with van der Waals surface area (Å²) in [5.74, 6) is 1.60. The van der Waals surface area contributed by atoms with E-state index in [1.165, 1.54) is 23.1 Å². The Morgan fingerprint density at radius 1 is 1.32 bits per heavy atom. The quantitative estimate of drug-likeness (QED) is 0.788. The van der Waals surface area contributed by atoms with E-state index in [0.717, 1.165) is 43.3 Å². The molecular weight excluding hydrogens is 316 g/mol. The van der Waals surface area contributed by atoms with Crippen molar-refractivity contribution in [2.24, 2.45) is 7.05 Å². The Kier molecular flexibility index (Phi) is 5.15. The first-order valence-corrected chi connectivity index (χ1v) is 9.42. The standard InChI is InChI=1S/C15H20N4OS2/c1-18-13(10-12-6-5-9-21-12)16-17-15(18)22-11-14(20)19-7-3-2-4-8-19/h5-6,9H,2-4,7-8,10-11H2,1H3. The van der Waals surface area contributed by atoms with Crippen molar-refractivity contribution in [3.8, 4) is 0 Å². The summed E-state index contributed by atoms with van der Waals surface area (Å²) in [5.41, 5.74) is 0. The molecule has 1 amide bonds. The minimum atomic E-state index is 0.215. The lowest BCUT2D eigenvalue weighted by Crippen LogP contribution is -2.36. The average molecular weight is 336 g/mol. The van der Waals surface area contributed by atoms with Crippen LogP contribution in [0.3, 0.4) is 0 Å². The minimum absolute atomic E-state index is 0.215. The first-order valence-electron chi connectivity index (χ1n) is 7.55. The SMILES string of the molecule is Cn1c(Cc2cccs2)nnc1SCC(=O)N1CCCCC1. The lowest BCUT2D eigenvalue weighted by atomic mass is 10.1. The van der Waals surface area contributed by atoms with Crippen LogP contribution in [-0.4, -0.2) is 44.4 Å². The van der Waals surface area contributed by atoms with Gasteiger partial charge in [-0.2, -0.15) is 0 Å². The van der Waals surface area contributed by atoms with Crippen molar-refractivity contribution in [2.45, 2.75) is 30.8 Å². The molecule has 1 aliphatic rings. The Morgan fingerprint density at radius 2 is 2.14 bits per heavy atom. The zero-order valence-corrected chi connectivity index (χ0v) is 14.3. The number of amides is 1. The highest BCUT2D eigenvalue weighted by Gasteiger charge is 2.18. The van der Waals surface area contributed by atoms with E-state index in [9.17, 15) is 4.79 Å². The number of carbonyl (C=O) groups is 1. The zero-order valence-electron chi connectivity index (χ0n) is 12.7. The van der Waals surface area contributed by atoms with Crippen molar-refractivity contribution < 1.29 is 4.79 Å². The fourth-order valence-corrected chi connectivity index (χ4v) is 4.09. The Hall–Kier alpha value is -1.34. The number of carbonyl (C=O) groups excluding carboxylic acids is 1. The van der Waals surface area contributed by atoms with E-state index >= 15 is 0 Å². The summed E-state index contributed by atoms with van der Waals surface area (Å²) in [6.07, 6.45) is 4.30. The first kappa shape index (κ1) is 15.6. The van der Waals surface area contributed by atoms with Crippen LogP contribution in [0.1, 0.15) is 30.0 Å². The van der Waals surface area contributed by atoms with Crippen LogP contribution >= 0.6 is 23.1 Å². The van der Waals surface area contributed by atoms with Gasteiger partial charge in [-0.1, -0.05) is 17.8 Å². The molecule has 0 aliphatic carbocycles. The highest BCUT2D eigenvalue weighted by molar-refractivity contribution is 7.99. The first-order chi connectivity index (χ1) is 10.7. The van der Waals surface area contributed by atoms with Crippen LogP contribution in [0.25, 0.3) is 0 Å². The normalized spacial score (nSPS) is 15.2. The van der Waals surface area contributed by atoms with Crippen molar-refractivity contribution in [3.63, 3.8) is 0 Å². The van der Waals surface area contributed by atoms with Crippen LogP contribution < -0.4 is 0 Å². The zero-order chi connectivity index (χ0) is 15.4. The molecule has 0 aromatic carbocycles. The number of thioether (sulfide) groups is 1. The number of piperidine rings is 1. The van der Waals surface area contributed by atoms with Crippen LogP contribution in [0.2, 0.25) is 0 Å². The van der Waals surface area contributed by atoms with Crippen LogP contribution in [0.4, 0.5) is 0 Å². The number of thiophene rings is 1. The van der Waals surface area contributed by atoms with Gasteiger partial charge in [-0.25, -0.2) is 0 Å². The Morgan fingerprint density at radius 3 is 2.86 bits per heavy atom. The third kappa shape index (κ3) is 3.70. The molecule has 0 radical (unpaired) electrons. The van der Waals surface area contributed by atoms with Gasteiger partial charge in [0.2, 0.25) is 5.91 Å². The second-order valence-electron chi connectivity index (χ2n) is 5.44. The maximum Gasteiger partial charge on any atom is 0.233 e. The van der Waals surface area contributed by atoms with Gasteiger partial charge in [0.15, 0.2) is 5.16 Å². The highest BCUT2D eigenvalue weighted by atomic mass is 32.2. The predicted octanol–water partition coefficient (Wildman–Crippen LogP) is 2.57. The number of hydrogen-bond donors (Lipinski definition) is 0. The number of nitrogens with zero attached hydrogens (tertiary/aromatic N) is 4. The molecule has 0 atom stereocenters. The number of likely N-dealkylation sites (tertiary alicyclic amines) is 1. The Labute approximate surface area is 138 Å². The molecule has 2 aromatic rings. The summed E-state index contributed by atoms with van der Waals surface area (Å²) in [6.45, 7) is 1.81. The maximum atomic E-state index is 12.2. The summed E-state index contributed by atoms with van der Waals surface area (Å²) < 4.78 is 1.99. The van der Waals surface area contributed by atoms with Gasteiger partial charge in [0.1, 0.15) is 5.82 Å². The number of rotatable bonds is 5. The molecule has 3 rings (SSSR count). The molecule has 1 saturated heterocycles. The van der Waals surface area contributed by atoms with Crippen molar-refractivity contribution >= 4 is 29.0 Å². The topological polar surface area (TPSA) is 51.0 Å². The van der Waals surface area contributed by atoms with E-state index in [-0.39, 0.29) is 5.91 Å². The molecule has 2 aromatic heterocycles. The molecule has 0 saturated carbocycles. The van der Waals surface area contributed by atoms with Gasteiger partial charge in [-0.3, -0.25) is 4.79 Å². The fraction of sp³-hybridized carbons (Fsp3) is 0.533. The second kappa shape index (κ2) is 7.28. The summed E-state index contributed by atoms with van der Waals surface area (Å²) in [7, 11) is 1.97. The molecule has 22 heavy (non-hydrogen) atoms. The molecular formula is C15H20N4OS2. The molecule has 1 aliphatic heterocycles. The number of hydrogen-bond acceptors (Lipinski definition) is 5. The highest BCUT2D eigenvalue weighted by Crippen LogP contribution is 2.20. The average Bonchev–Trinajstić information content (AvgIpc) is 3.18. The van der Waals surface area contributed by atoms with E-state index in [1.54, 1.807) is 11.3 Å². The maximum absolute atomic E-state index is 12.2. The minimum Gasteiger partial charge on any atom is -0.342 e. The molecule has 1 fully saturated rings. The lowest BCUT2D eigenvalue weighted by molar-refractivity contribution is -0.129. The van der Waals surface area contributed by atoms with Gasteiger partial charge in [-0.15, -0.1) is 21.5 Å². The Bertz CT molecular complexity index is 618. The van der Waals surface area contributed by atoms with Gasteiger partial charge in [-0.05, 0) is 30.7 Å². The second-order valence-corrected chi connectivity index (χ2v) is 7.42. The summed E-state index contributed by atoms with van der Waals surface area (Å²) in [6, 6.07) is 4.15. The van der Waals surface area contributed by atoms with Crippen LogP contribution in [0.15, 0.2) is 22.7 Å². The summed E-state index contributed by atoms with van der Waals surface area (Å²) >= 11 is 3.21. The van der Waals surface area contributed by atoms with Crippen molar-refractivity contribution in [2.75, 3.05) is 18.8 Å². The van der Waals surface area contributed by atoms with E-state index in [2.05, 4.69) is 21.6 Å². The monoisotopic (exact) mass is 336 g/mol. The van der Waals surface area contributed by atoms with E-state index < -0.39 is 0 Å². The van der Waals surface area contributed by atoms with Gasteiger partial charge < -0.3 is 9.47 Å². The van der Waals surface area contributed by atoms with Crippen LogP contribution in [-0.2, 0) is 18.3 Å². The molecule has 0 unspecified atom stereocenters. The molecule has 5 nitrogen and oxygen atoms in total.